The third kappa shape index (κ3) is 3.42. The molecule has 0 atom stereocenters. The maximum Gasteiger partial charge on any atom is 0.274 e. The van der Waals surface area contributed by atoms with Crippen molar-refractivity contribution in [1.82, 2.24) is 15.1 Å². The minimum Gasteiger partial charge on any atom is -0.346 e. The van der Waals surface area contributed by atoms with Crippen molar-refractivity contribution in [2.45, 2.75) is 26.4 Å². The van der Waals surface area contributed by atoms with Crippen LogP contribution in [0.5, 0.6) is 0 Å². The number of benzene rings is 2. The fourth-order valence-electron chi connectivity index (χ4n) is 2.63. The number of carbonyl (C=O) groups is 1. The van der Waals surface area contributed by atoms with Crippen molar-refractivity contribution in [2.75, 3.05) is 0 Å². The number of halogens is 1. The Hall–Kier alpha value is -2.66. The molecule has 5 nitrogen and oxygen atoms in total. The van der Waals surface area contributed by atoms with E-state index < -0.39 is 0 Å². The van der Waals surface area contributed by atoms with Crippen LogP contribution in [0.3, 0.4) is 0 Å². The predicted molar refractivity (Wildman–Crippen MR) is 99.0 cm³/mol. The number of aromatic nitrogens is 2. The van der Waals surface area contributed by atoms with E-state index in [0.717, 1.165) is 5.56 Å². The lowest BCUT2D eigenvalue weighted by atomic mass is 10.1. The number of amides is 1. The summed E-state index contributed by atoms with van der Waals surface area (Å²) in [6.07, 6.45) is 0. The second-order valence-electron chi connectivity index (χ2n) is 6.01. The van der Waals surface area contributed by atoms with Gasteiger partial charge in [0.1, 0.15) is 0 Å². The molecule has 3 rings (SSSR count). The van der Waals surface area contributed by atoms with Crippen LogP contribution in [-0.4, -0.2) is 15.7 Å². The third-order valence-electron chi connectivity index (χ3n) is 3.93. The summed E-state index contributed by atoms with van der Waals surface area (Å²) in [5.74, 6) is -0.342. The van der Waals surface area contributed by atoms with Gasteiger partial charge in [0.25, 0.3) is 11.5 Å². The van der Waals surface area contributed by atoms with Crippen LogP contribution < -0.4 is 10.9 Å². The molecular weight excluding hydrogens is 338 g/mol. The summed E-state index contributed by atoms with van der Waals surface area (Å²) in [6, 6.07) is 14.2. The Kier molecular flexibility index (Phi) is 4.86. The van der Waals surface area contributed by atoms with Crippen molar-refractivity contribution in [3.8, 4) is 0 Å². The standard InChI is InChI=1S/C19H18ClN3O2/c1-12(2)23-19(25)15-9-5-4-8-14(15)17(22-23)18(24)21-11-13-7-3-6-10-16(13)20/h3-10,12H,11H2,1-2H3,(H,21,24). The number of hydrogen-bond donors (Lipinski definition) is 1. The number of nitrogens with one attached hydrogen (secondary N) is 1. The van der Waals surface area contributed by atoms with E-state index in [-0.39, 0.29) is 29.7 Å². The van der Waals surface area contributed by atoms with Gasteiger partial charge >= 0.3 is 0 Å². The highest BCUT2D eigenvalue weighted by atomic mass is 35.5. The molecule has 1 heterocycles. The van der Waals surface area contributed by atoms with Crippen LogP contribution in [0.2, 0.25) is 5.02 Å². The zero-order valence-corrected chi connectivity index (χ0v) is 14.7. The van der Waals surface area contributed by atoms with Crippen LogP contribution in [0.4, 0.5) is 0 Å². The van der Waals surface area contributed by atoms with Gasteiger partial charge in [-0.3, -0.25) is 9.59 Å². The molecule has 0 bridgehead atoms. The van der Waals surface area contributed by atoms with Crippen molar-refractivity contribution in [3.63, 3.8) is 0 Å². The van der Waals surface area contributed by atoms with E-state index in [1.807, 2.05) is 32.0 Å². The largest absolute Gasteiger partial charge is 0.346 e. The van der Waals surface area contributed by atoms with Gasteiger partial charge in [0, 0.05) is 17.0 Å². The Balaban J connectivity index is 2.00. The van der Waals surface area contributed by atoms with Crippen LogP contribution in [0.15, 0.2) is 53.3 Å². The Bertz CT molecular complexity index is 995. The van der Waals surface area contributed by atoms with Crippen LogP contribution in [-0.2, 0) is 6.54 Å². The lowest BCUT2D eigenvalue weighted by Gasteiger charge is -2.13. The molecule has 0 saturated heterocycles. The molecule has 1 amide bonds. The summed E-state index contributed by atoms with van der Waals surface area (Å²) in [4.78, 5) is 25.2. The van der Waals surface area contributed by atoms with Gasteiger partial charge in [-0.2, -0.15) is 5.10 Å². The first-order valence-corrected chi connectivity index (χ1v) is 8.40. The van der Waals surface area contributed by atoms with E-state index in [0.29, 0.717) is 15.8 Å². The van der Waals surface area contributed by atoms with E-state index >= 15 is 0 Å². The van der Waals surface area contributed by atoms with Gasteiger partial charge in [-0.05, 0) is 31.5 Å². The molecule has 3 aromatic rings. The fourth-order valence-corrected chi connectivity index (χ4v) is 2.83. The van der Waals surface area contributed by atoms with Gasteiger partial charge in [-0.1, -0.05) is 48.0 Å². The molecule has 25 heavy (non-hydrogen) atoms. The SMILES string of the molecule is CC(C)n1nc(C(=O)NCc2ccccc2Cl)c2ccccc2c1=O. The Labute approximate surface area is 150 Å². The molecule has 0 aliphatic heterocycles. The highest BCUT2D eigenvalue weighted by Gasteiger charge is 2.17. The molecule has 1 aromatic heterocycles. The lowest BCUT2D eigenvalue weighted by molar-refractivity contribution is 0.0945. The summed E-state index contributed by atoms with van der Waals surface area (Å²) in [7, 11) is 0. The van der Waals surface area contributed by atoms with E-state index in [4.69, 9.17) is 11.6 Å². The van der Waals surface area contributed by atoms with E-state index in [1.54, 1.807) is 30.3 Å². The zero-order chi connectivity index (χ0) is 18.0. The maximum atomic E-state index is 12.7. The van der Waals surface area contributed by atoms with Crippen molar-refractivity contribution in [3.05, 3.63) is 75.2 Å². The summed E-state index contributed by atoms with van der Waals surface area (Å²) in [5.41, 5.74) is 0.850. The van der Waals surface area contributed by atoms with E-state index in [2.05, 4.69) is 10.4 Å². The fraction of sp³-hybridized carbons (Fsp3) is 0.211. The van der Waals surface area contributed by atoms with Crippen molar-refractivity contribution < 1.29 is 4.79 Å². The van der Waals surface area contributed by atoms with Crippen LogP contribution >= 0.6 is 11.6 Å². The molecule has 0 aliphatic rings. The highest BCUT2D eigenvalue weighted by Crippen LogP contribution is 2.17. The van der Waals surface area contributed by atoms with Gasteiger partial charge < -0.3 is 5.32 Å². The molecule has 2 aromatic carbocycles. The van der Waals surface area contributed by atoms with Crippen molar-refractivity contribution in [2.24, 2.45) is 0 Å². The number of carbonyl (C=O) groups excluding carboxylic acids is 1. The van der Waals surface area contributed by atoms with Gasteiger partial charge in [0.15, 0.2) is 5.69 Å². The smallest absolute Gasteiger partial charge is 0.274 e. The summed E-state index contributed by atoms with van der Waals surface area (Å²) < 4.78 is 1.34. The second-order valence-corrected chi connectivity index (χ2v) is 6.42. The Morgan fingerprint density at radius 3 is 2.44 bits per heavy atom. The lowest BCUT2D eigenvalue weighted by Crippen LogP contribution is -2.31. The average Bonchev–Trinajstić information content (AvgIpc) is 2.61. The second kappa shape index (κ2) is 7.07. The average molecular weight is 356 g/mol. The number of rotatable bonds is 4. The molecule has 1 N–H and O–H groups in total. The van der Waals surface area contributed by atoms with Crippen LogP contribution in [0, 0.1) is 0 Å². The van der Waals surface area contributed by atoms with Crippen LogP contribution in [0.1, 0.15) is 35.9 Å². The van der Waals surface area contributed by atoms with Crippen LogP contribution in [0.25, 0.3) is 10.8 Å². The van der Waals surface area contributed by atoms with Crippen molar-refractivity contribution >= 4 is 28.3 Å². The minimum absolute atomic E-state index is 0.146. The normalized spacial score (nSPS) is 11.0. The minimum atomic E-state index is -0.342. The monoisotopic (exact) mass is 355 g/mol. The molecule has 128 valence electrons. The van der Waals surface area contributed by atoms with E-state index in [9.17, 15) is 9.59 Å². The van der Waals surface area contributed by atoms with Gasteiger partial charge in [0.2, 0.25) is 0 Å². The molecule has 0 saturated carbocycles. The first-order valence-electron chi connectivity index (χ1n) is 8.02. The number of nitrogens with zero attached hydrogens (tertiary/aromatic N) is 2. The van der Waals surface area contributed by atoms with E-state index in [1.165, 1.54) is 4.68 Å². The topological polar surface area (TPSA) is 64.0 Å². The quantitative estimate of drug-likeness (QED) is 0.778. The van der Waals surface area contributed by atoms with Gasteiger partial charge in [-0.15, -0.1) is 0 Å². The molecule has 0 radical (unpaired) electrons. The van der Waals surface area contributed by atoms with Gasteiger partial charge in [0.05, 0.1) is 11.4 Å². The van der Waals surface area contributed by atoms with Crippen molar-refractivity contribution in [1.29, 1.82) is 0 Å². The molecular formula is C19H18ClN3O2. The zero-order valence-electron chi connectivity index (χ0n) is 14.0. The molecule has 0 spiro atoms. The highest BCUT2D eigenvalue weighted by molar-refractivity contribution is 6.31. The predicted octanol–water partition coefficient (Wildman–Crippen LogP) is 3.56. The Morgan fingerprint density at radius 1 is 1.12 bits per heavy atom. The third-order valence-corrected chi connectivity index (χ3v) is 4.30. The molecule has 0 aliphatic carbocycles. The maximum absolute atomic E-state index is 12.7. The summed E-state index contributed by atoms with van der Waals surface area (Å²) in [6.45, 7) is 4.00. The molecule has 0 fully saturated rings. The Morgan fingerprint density at radius 2 is 1.76 bits per heavy atom. The molecule has 6 heteroatoms. The summed E-state index contributed by atoms with van der Waals surface area (Å²) in [5, 5.41) is 8.74. The first-order chi connectivity index (χ1) is 12.0. The number of hydrogen-bond acceptors (Lipinski definition) is 3. The number of fused-ring (bicyclic) bond motifs is 1. The van der Waals surface area contributed by atoms with Gasteiger partial charge in [-0.25, -0.2) is 4.68 Å². The first kappa shape index (κ1) is 17.2. The summed E-state index contributed by atoms with van der Waals surface area (Å²) >= 11 is 6.12. The molecule has 0 unspecified atom stereocenters.